The van der Waals surface area contributed by atoms with Gasteiger partial charge in [0.15, 0.2) is 0 Å². The molecule has 0 aliphatic heterocycles. The van der Waals surface area contributed by atoms with E-state index in [0.717, 1.165) is 0 Å². The van der Waals surface area contributed by atoms with Crippen LogP contribution in [0.3, 0.4) is 0 Å². The molecule has 14 heteroatoms. The van der Waals surface area contributed by atoms with Gasteiger partial charge in [0.2, 0.25) is 10.0 Å². The zero-order valence-corrected chi connectivity index (χ0v) is 19.1. The number of hydrogen-bond acceptors (Lipinski definition) is 5. The molecule has 0 aliphatic rings. The van der Waals surface area contributed by atoms with Crippen molar-refractivity contribution in [2.45, 2.75) is 23.7 Å². The Labute approximate surface area is 205 Å². The number of rotatable bonds is 8. The monoisotopic (exact) mass is 551 g/mol. The molecule has 0 aliphatic carbocycles. The van der Waals surface area contributed by atoms with Crippen molar-refractivity contribution in [2.75, 3.05) is 4.72 Å². The van der Waals surface area contributed by atoms with Crippen LogP contribution in [0.2, 0.25) is 0 Å². The Balaban J connectivity index is 1.80. The highest BCUT2D eigenvalue weighted by molar-refractivity contribution is 7.91. The van der Waals surface area contributed by atoms with Gasteiger partial charge >= 0.3 is 12.4 Å². The summed E-state index contributed by atoms with van der Waals surface area (Å²) in [5.74, 6) is -1.71. The van der Waals surface area contributed by atoms with E-state index in [1.54, 1.807) is 0 Å². The van der Waals surface area contributed by atoms with Gasteiger partial charge in [0, 0.05) is 16.8 Å². The molecule has 198 valence electrons. The molecule has 3 aromatic rings. The highest BCUT2D eigenvalue weighted by Crippen LogP contribution is 2.50. The summed E-state index contributed by atoms with van der Waals surface area (Å²) in [6, 6.07) is 11.3. The van der Waals surface area contributed by atoms with Crippen LogP contribution in [0.5, 0.6) is 5.75 Å². The molecular weight excluding hydrogens is 535 g/mol. The first-order chi connectivity index (χ1) is 17.1. The molecule has 0 heterocycles. The second kappa shape index (κ2) is 10.0. The van der Waals surface area contributed by atoms with E-state index in [1.807, 2.05) is 0 Å². The summed E-state index contributed by atoms with van der Waals surface area (Å²) in [4.78, 5) is 10.3. The van der Waals surface area contributed by atoms with Crippen LogP contribution in [0.4, 0.5) is 36.4 Å². The van der Waals surface area contributed by atoms with Gasteiger partial charge in [-0.2, -0.15) is 26.3 Å². The van der Waals surface area contributed by atoms with Gasteiger partial charge in [0.25, 0.3) is 12.1 Å². The maximum atomic E-state index is 14.5. The number of benzene rings is 3. The number of ether oxygens (including phenoxy) is 1. The molecule has 37 heavy (non-hydrogen) atoms. The number of aliphatic hydroxyl groups is 1. The van der Waals surface area contributed by atoms with Gasteiger partial charge in [0.1, 0.15) is 11.6 Å². The molecule has 0 bridgehead atoms. The summed E-state index contributed by atoms with van der Waals surface area (Å²) in [5, 5.41) is 9.43. The van der Waals surface area contributed by atoms with E-state index in [-0.39, 0.29) is 35.1 Å². The Bertz CT molecular complexity index is 1360. The lowest BCUT2D eigenvalue weighted by Crippen LogP contribution is -2.53. The SMILES string of the molecule is O=COc1ccc(CS(=O)(=O)Nc2ccc(-c3ccc(C(O)(C(F)(F)F)C(F)(F)F)cc3F)cc2)cc1. The first kappa shape index (κ1) is 27.9. The van der Waals surface area contributed by atoms with E-state index < -0.39 is 45.1 Å². The highest BCUT2D eigenvalue weighted by Gasteiger charge is 2.71. The van der Waals surface area contributed by atoms with Crippen molar-refractivity contribution < 1.29 is 53.8 Å². The lowest BCUT2D eigenvalue weighted by molar-refractivity contribution is -0.376. The van der Waals surface area contributed by atoms with Crippen molar-refractivity contribution in [1.82, 2.24) is 0 Å². The van der Waals surface area contributed by atoms with Gasteiger partial charge < -0.3 is 9.84 Å². The first-order valence-electron chi connectivity index (χ1n) is 10.0. The molecule has 3 rings (SSSR count). The standard InChI is InChI=1S/C23H16F7NO5S/c24-20-11-16(21(33,22(25,26)27)23(28,29)30)5-10-19(20)15-3-6-17(7-4-15)31-37(34,35)12-14-1-8-18(9-2-14)36-13-32/h1-11,13,31,33H,12H2. The number of alkyl halides is 6. The van der Waals surface area contributed by atoms with Crippen LogP contribution in [0.1, 0.15) is 11.1 Å². The molecule has 0 atom stereocenters. The first-order valence-corrected chi connectivity index (χ1v) is 11.7. The second-order valence-electron chi connectivity index (χ2n) is 7.70. The van der Waals surface area contributed by atoms with Crippen LogP contribution in [0.25, 0.3) is 11.1 Å². The summed E-state index contributed by atoms with van der Waals surface area (Å²) in [6.45, 7) is 0.210. The zero-order chi connectivity index (χ0) is 27.6. The minimum atomic E-state index is -6.16. The van der Waals surface area contributed by atoms with Gasteiger partial charge in [-0.1, -0.05) is 36.4 Å². The molecule has 0 amide bonds. The van der Waals surface area contributed by atoms with Crippen molar-refractivity contribution in [3.8, 4) is 16.9 Å². The maximum absolute atomic E-state index is 14.5. The summed E-state index contributed by atoms with van der Waals surface area (Å²) in [5.41, 5.74) is -6.98. The second-order valence-corrected chi connectivity index (χ2v) is 9.42. The van der Waals surface area contributed by atoms with Crippen molar-refractivity contribution >= 4 is 22.2 Å². The normalized spacial score (nSPS) is 12.8. The van der Waals surface area contributed by atoms with Gasteiger partial charge in [-0.3, -0.25) is 9.52 Å². The largest absolute Gasteiger partial charge is 0.430 e. The molecule has 0 fully saturated rings. The topological polar surface area (TPSA) is 92.7 Å². The molecule has 6 nitrogen and oxygen atoms in total. The summed E-state index contributed by atoms with van der Waals surface area (Å²) in [6.07, 6.45) is -12.3. The number of carbonyl (C=O) groups is 1. The van der Waals surface area contributed by atoms with Crippen LogP contribution in [0.15, 0.2) is 66.7 Å². The van der Waals surface area contributed by atoms with Crippen molar-refractivity contribution in [3.05, 3.63) is 83.7 Å². The van der Waals surface area contributed by atoms with Gasteiger partial charge in [-0.25, -0.2) is 12.8 Å². The third kappa shape index (κ3) is 6.02. The zero-order valence-electron chi connectivity index (χ0n) is 18.3. The Hall–Kier alpha value is -3.65. The van der Waals surface area contributed by atoms with Crippen LogP contribution in [0, 0.1) is 5.82 Å². The van der Waals surface area contributed by atoms with E-state index in [4.69, 9.17) is 0 Å². The number of nitrogens with one attached hydrogen (secondary N) is 1. The molecule has 0 spiro atoms. The number of carbonyl (C=O) groups excluding carboxylic acids is 1. The smallest absolute Gasteiger partial charge is 0.429 e. The molecule has 2 N–H and O–H groups in total. The van der Waals surface area contributed by atoms with Crippen LogP contribution in [-0.2, 0) is 26.2 Å². The number of halogens is 7. The third-order valence-electron chi connectivity index (χ3n) is 5.14. The Morgan fingerprint density at radius 3 is 1.92 bits per heavy atom. The highest BCUT2D eigenvalue weighted by atomic mass is 32.2. The summed E-state index contributed by atoms with van der Waals surface area (Å²) >= 11 is 0. The Morgan fingerprint density at radius 1 is 0.865 bits per heavy atom. The van der Waals surface area contributed by atoms with Crippen LogP contribution < -0.4 is 9.46 Å². The van der Waals surface area contributed by atoms with Gasteiger partial charge in [0.05, 0.1) is 5.75 Å². The van der Waals surface area contributed by atoms with Gasteiger partial charge in [-0.15, -0.1) is 0 Å². The number of sulfonamides is 1. The number of anilines is 1. The van der Waals surface area contributed by atoms with Crippen molar-refractivity contribution in [3.63, 3.8) is 0 Å². The molecule has 0 radical (unpaired) electrons. The summed E-state index contributed by atoms with van der Waals surface area (Å²) in [7, 11) is -3.92. The minimum absolute atomic E-state index is 0.0142. The van der Waals surface area contributed by atoms with E-state index in [0.29, 0.717) is 17.7 Å². The average Bonchev–Trinajstić information content (AvgIpc) is 2.78. The average molecular weight is 551 g/mol. The quantitative estimate of drug-likeness (QED) is 0.294. The fraction of sp³-hybridized carbons (Fsp3) is 0.174. The third-order valence-corrected chi connectivity index (χ3v) is 6.40. The van der Waals surface area contributed by atoms with Crippen molar-refractivity contribution in [2.24, 2.45) is 0 Å². The molecule has 0 saturated carbocycles. The minimum Gasteiger partial charge on any atom is -0.429 e. The predicted octanol–water partition coefficient (Wildman–Crippen LogP) is 5.28. The molecule has 0 unspecified atom stereocenters. The van der Waals surface area contributed by atoms with Crippen molar-refractivity contribution in [1.29, 1.82) is 0 Å². The summed E-state index contributed by atoms with van der Waals surface area (Å²) < 4.78 is 125. The fourth-order valence-electron chi connectivity index (χ4n) is 3.33. The Morgan fingerprint density at radius 2 is 1.43 bits per heavy atom. The van der Waals surface area contributed by atoms with E-state index in [1.165, 1.54) is 48.5 Å². The van der Waals surface area contributed by atoms with Gasteiger partial charge in [-0.05, 0) is 41.5 Å². The maximum Gasteiger partial charge on any atom is 0.430 e. The Kier molecular flexibility index (Phi) is 7.56. The lowest BCUT2D eigenvalue weighted by Gasteiger charge is -2.32. The van der Waals surface area contributed by atoms with Crippen LogP contribution >= 0.6 is 0 Å². The van der Waals surface area contributed by atoms with E-state index in [9.17, 15) is 49.1 Å². The van der Waals surface area contributed by atoms with E-state index in [2.05, 4.69) is 9.46 Å². The molecular formula is C23H16F7NO5S. The molecule has 0 aromatic heterocycles. The van der Waals surface area contributed by atoms with E-state index >= 15 is 0 Å². The molecule has 0 saturated heterocycles. The predicted molar refractivity (Wildman–Crippen MR) is 117 cm³/mol. The van der Waals surface area contributed by atoms with Crippen LogP contribution in [-0.4, -0.2) is 32.3 Å². The lowest BCUT2D eigenvalue weighted by atomic mass is 9.90. The fourth-order valence-corrected chi connectivity index (χ4v) is 4.53. The molecule has 3 aromatic carbocycles. The number of hydrogen-bond donors (Lipinski definition) is 2.